The second kappa shape index (κ2) is 10.2. The summed E-state index contributed by atoms with van der Waals surface area (Å²) in [6.45, 7) is 6.37. The van der Waals surface area contributed by atoms with Crippen LogP contribution in [0.1, 0.15) is 36.9 Å². The van der Waals surface area contributed by atoms with E-state index in [9.17, 15) is 9.59 Å². The van der Waals surface area contributed by atoms with Crippen molar-refractivity contribution >= 4 is 11.8 Å². The van der Waals surface area contributed by atoms with Gasteiger partial charge >= 0.3 is 0 Å². The maximum atomic E-state index is 12.9. The van der Waals surface area contributed by atoms with Gasteiger partial charge in [-0.15, -0.1) is 6.58 Å². The normalized spacial score (nSPS) is 11.4. The van der Waals surface area contributed by atoms with Crippen LogP contribution in [0.2, 0.25) is 0 Å². The van der Waals surface area contributed by atoms with Crippen LogP contribution in [0.4, 0.5) is 0 Å². The average molecular weight is 350 g/mol. The third-order valence-electron chi connectivity index (χ3n) is 4.08. The molecule has 2 aromatic rings. The molecule has 0 radical (unpaired) electrons. The van der Waals surface area contributed by atoms with Gasteiger partial charge in [-0.05, 0) is 17.5 Å². The van der Waals surface area contributed by atoms with Crippen LogP contribution in [0.15, 0.2) is 73.3 Å². The lowest BCUT2D eigenvalue weighted by molar-refractivity contribution is -0.141. The third kappa shape index (κ3) is 5.31. The number of hydrogen-bond acceptors (Lipinski definition) is 2. The van der Waals surface area contributed by atoms with Gasteiger partial charge in [0.1, 0.15) is 6.04 Å². The zero-order chi connectivity index (χ0) is 18.8. The molecule has 1 unspecified atom stereocenters. The molecule has 4 heteroatoms. The predicted molar refractivity (Wildman–Crippen MR) is 104 cm³/mol. The lowest BCUT2D eigenvalue weighted by atomic mass is 10.0. The lowest BCUT2D eigenvalue weighted by Gasteiger charge is -2.31. The van der Waals surface area contributed by atoms with Crippen molar-refractivity contribution in [2.45, 2.75) is 32.4 Å². The Morgan fingerprint density at radius 1 is 1.08 bits per heavy atom. The Hall–Kier alpha value is -2.88. The Bertz CT molecular complexity index is 713. The van der Waals surface area contributed by atoms with Crippen molar-refractivity contribution in [3.05, 3.63) is 84.4 Å². The van der Waals surface area contributed by atoms with Crippen molar-refractivity contribution < 1.29 is 9.59 Å². The standard InChI is InChI=1S/C22H26N2O2/c1-3-11-20(25)24(17-18-12-7-5-8-13-18)21(22(26)23-16-4-2)19-14-9-6-10-15-19/h4-10,12-15,21H,2-3,11,16-17H2,1H3,(H,23,26). The van der Waals surface area contributed by atoms with Crippen molar-refractivity contribution in [2.75, 3.05) is 6.54 Å². The van der Waals surface area contributed by atoms with Gasteiger partial charge in [0.15, 0.2) is 0 Å². The van der Waals surface area contributed by atoms with E-state index in [2.05, 4.69) is 11.9 Å². The van der Waals surface area contributed by atoms with E-state index in [1.807, 2.05) is 67.6 Å². The molecule has 0 aliphatic carbocycles. The van der Waals surface area contributed by atoms with E-state index < -0.39 is 6.04 Å². The monoisotopic (exact) mass is 350 g/mol. The van der Waals surface area contributed by atoms with Gasteiger partial charge in [0, 0.05) is 19.5 Å². The molecule has 136 valence electrons. The van der Waals surface area contributed by atoms with Crippen LogP contribution >= 0.6 is 0 Å². The Morgan fingerprint density at radius 3 is 2.27 bits per heavy atom. The first kappa shape index (κ1) is 19.4. The van der Waals surface area contributed by atoms with Gasteiger partial charge in [0.05, 0.1) is 0 Å². The molecule has 0 spiro atoms. The summed E-state index contributed by atoms with van der Waals surface area (Å²) in [6, 6.07) is 18.5. The van der Waals surface area contributed by atoms with Crippen molar-refractivity contribution in [2.24, 2.45) is 0 Å². The third-order valence-corrected chi connectivity index (χ3v) is 4.08. The fourth-order valence-corrected chi connectivity index (χ4v) is 2.84. The lowest BCUT2D eigenvalue weighted by Crippen LogP contribution is -2.43. The smallest absolute Gasteiger partial charge is 0.247 e. The molecule has 0 heterocycles. The molecule has 2 amide bonds. The van der Waals surface area contributed by atoms with Gasteiger partial charge in [-0.1, -0.05) is 73.7 Å². The first-order valence-electron chi connectivity index (χ1n) is 8.94. The number of benzene rings is 2. The molecule has 2 rings (SSSR count). The van der Waals surface area contributed by atoms with Gasteiger partial charge in [-0.2, -0.15) is 0 Å². The number of rotatable bonds is 9. The summed E-state index contributed by atoms with van der Waals surface area (Å²) in [5.41, 5.74) is 1.80. The second-order valence-corrected chi connectivity index (χ2v) is 6.10. The van der Waals surface area contributed by atoms with Crippen LogP contribution in [0.25, 0.3) is 0 Å². The summed E-state index contributed by atoms with van der Waals surface area (Å²) < 4.78 is 0. The Labute approximate surface area is 155 Å². The zero-order valence-corrected chi connectivity index (χ0v) is 15.2. The van der Waals surface area contributed by atoms with Crippen molar-refractivity contribution in [1.29, 1.82) is 0 Å². The van der Waals surface area contributed by atoms with Gasteiger partial charge in [-0.3, -0.25) is 9.59 Å². The largest absolute Gasteiger partial charge is 0.351 e. The van der Waals surface area contributed by atoms with Gasteiger partial charge in [0.2, 0.25) is 11.8 Å². The molecule has 0 saturated carbocycles. The molecule has 0 aromatic heterocycles. The van der Waals surface area contributed by atoms with Crippen LogP contribution in [0.5, 0.6) is 0 Å². The van der Waals surface area contributed by atoms with Crippen molar-refractivity contribution in [1.82, 2.24) is 10.2 Å². The average Bonchev–Trinajstić information content (AvgIpc) is 2.67. The van der Waals surface area contributed by atoms with Crippen LogP contribution < -0.4 is 5.32 Å². The highest BCUT2D eigenvalue weighted by atomic mass is 16.2. The summed E-state index contributed by atoms with van der Waals surface area (Å²) in [6.07, 6.45) is 2.78. The summed E-state index contributed by atoms with van der Waals surface area (Å²) in [7, 11) is 0. The van der Waals surface area contributed by atoms with Gasteiger partial charge in [0.25, 0.3) is 0 Å². The summed E-state index contributed by atoms with van der Waals surface area (Å²) in [5, 5.41) is 2.84. The van der Waals surface area contributed by atoms with Crippen LogP contribution in [0.3, 0.4) is 0 Å². The molecule has 2 aromatic carbocycles. The minimum Gasteiger partial charge on any atom is -0.351 e. The second-order valence-electron chi connectivity index (χ2n) is 6.10. The molecule has 0 bridgehead atoms. The minimum absolute atomic E-state index is 0.0287. The molecule has 26 heavy (non-hydrogen) atoms. The van der Waals surface area contributed by atoms with E-state index in [1.165, 1.54) is 0 Å². The molecule has 0 aliphatic heterocycles. The number of carbonyl (C=O) groups is 2. The fourth-order valence-electron chi connectivity index (χ4n) is 2.84. The zero-order valence-electron chi connectivity index (χ0n) is 15.2. The summed E-state index contributed by atoms with van der Waals surface area (Å²) >= 11 is 0. The SMILES string of the molecule is C=CCNC(=O)C(c1ccccc1)N(Cc1ccccc1)C(=O)CCC. The maximum Gasteiger partial charge on any atom is 0.247 e. The number of nitrogens with one attached hydrogen (secondary N) is 1. The van der Waals surface area contributed by atoms with Crippen LogP contribution in [-0.2, 0) is 16.1 Å². The molecule has 0 fully saturated rings. The molecular formula is C22H26N2O2. The first-order valence-corrected chi connectivity index (χ1v) is 8.94. The number of nitrogens with zero attached hydrogens (tertiary/aromatic N) is 1. The fraction of sp³-hybridized carbons (Fsp3) is 0.273. The molecule has 1 atom stereocenters. The van der Waals surface area contributed by atoms with Gasteiger partial charge in [-0.25, -0.2) is 0 Å². The quantitative estimate of drug-likeness (QED) is 0.698. The number of amides is 2. The Morgan fingerprint density at radius 2 is 1.69 bits per heavy atom. The van der Waals surface area contributed by atoms with E-state index >= 15 is 0 Å². The predicted octanol–water partition coefficient (Wildman–Crippen LogP) is 3.86. The Kier molecular flexibility index (Phi) is 7.62. The van der Waals surface area contributed by atoms with Crippen molar-refractivity contribution in [3.63, 3.8) is 0 Å². The molecular weight excluding hydrogens is 324 g/mol. The van der Waals surface area contributed by atoms with E-state index in [4.69, 9.17) is 0 Å². The van der Waals surface area contributed by atoms with Crippen LogP contribution in [0, 0.1) is 0 Å². The minimum atomic E-state index is -0.671. The number of hydrogen-bond donors (Lipinski definition) is 1. The summed E-state index contributed by atoms with van der Waals surface area (Å²) in [5.74, 6) is -0.226. The highest BCUT2D eigenvalue weighted by Crippen LogP contribution is 2.24. The van der Waals surface area contributed by atoms with Gasteiger partial charge < -0.3 is 10.2 Å². The summed E-state index contributed by atoms with van der Waals surface area (Å²) in [4.78, 5) is 27.4. The highest BCUT2D eigenvalue weighted by molar-refractivity contribution is 5.88. The van der Waals surface area contributed by atoms with E-state index in [0.717, 1.165) is 17.5 Å². The van der Waals surface area contributed by atoms with E-state index in [0.29, 0.717) is 19.5 Å². The number of carbonyl (C=O) groups excluding carboxylic acids is 2. The van der Waals surface area contributed by atoms with E-state index in [1.54, 1.807) is 11.0 Å². The highest BCUT2D eigenvalue weighted by Gasteiger charge is 2.30. The molecule has 0 aliphatic rings. The molecule has 1 N–H and O–H groups in total. The Balaban J connectivity index is 2.40. The first-order chi connectivity index (χ1) is 12.7. The molecule has 0 saturated heterocycles. The molecule has 4 nitrogen and oxygen atoms in total. The van der Waals surface area contributed by atoms with Crippen molar-refractivity contribution in [3.8, 4) is 0 Å². The topological polar surface area (TPSA) is 49.4 Å². The van der Waals surface area contributed by atoms with E-state index in [-0.39, 0.29) is 11.8 Å². The maximum absolute atomic E-state index is 12.9. The van der Waals surface area contributed by atoms with Crippen LogP contribution in [-0.4, -0.2) is 23.3 Å².